The van der Waals surface area contributed by atoms with Crippen molar-refractivity contribution in [2.75, 3.05) is 33.4 Å². The third kappa shape index (κ3) is 5.17. The Morgan fingerprint density at radius 3 is 2.80 bits per heavy atom. The molecule has 1 aromatic carbocycles. The molecule has 1 amide bonds. The molecule has 1 aromatic rings. The van der Waals surface area contributed by atoms with Gasteiger partial charge in [-0.25, -0.2) is 0 Å². The Labute approximate surface area is 149 Å². The van der Waals surface area contributed by atoms with Crippen LogP contribution in [0.1, 0.15) is 24.5 Å². The van der Waals surface area contributed by atoms with Crippen molar-refractivity contribution in [3.63, 3.8) is 0 Å². The molecule has 3 atom stereocenters. The molecule has 1 fully saturated rings. The topological polar surface area (TPSA) is 79.2 Å². The zero-order chi connectivity index (χ0) is 18.4. The lowest BCUT2D eigenvalue weighted by molar-refractivity contribution is -0.141. The second-order valence-corrected chi connectivity index (χ2v) is 6.69. The Bertz CT molecular complexity index is 577. The van der Waals surface area contributed by atoms with Crippen LogP contribution in [0.15, 0.2) is 18.2 Å². The molecule has 6 heteroatoms. The molecule has 0 saturated carbocycles. The zero-order valence-corrected chi connectivity index (χ0v) is 15.3. The normalized spacial score (nSPS) is 23.3. The van der Waals surface area contributed by atoms with E-state index in [1.807, 2.05) is 32.0 Å². The van der Waals surface area contributed by atoms with Gasteiger partial charge in [-0.1, -0.05) is 24.6 Å². The lowest BCUT2D eigenvalue weighted by Gasteiger charge is -2.35. The highest BCUT2D eigenvalue weighted by Gasteiger charge is 2.33. The van der Waals surface area contributed by atoms with E-state index < -0.39 is 12.2 Å². The number of ether oxygens (including phenoxy) is 2. The number of amides is 1. The van der Waals surface area contributed by atoms with Gasteiger partial charge in [-0.3, -0.25) is 4.79 Å². The molecule has 1 aliphatic heterocycles. The van der Waals surface area contributed by atoms with E-state index >= 15 is 0 Å². The fourth-order valence-corrected chi connectivity index (χ4v) is 3.20. The van der Waals surface area contributed by atoms with Crippen LogP contribution in [0.2, 0.25) is 0 Å². The predicted molar refractivity (Wildman–Crippen MR) is 94.6 cm³/mol. The Morgan fingerprint density at radius 2 is 2.12 bits per heavy atom. The van der Waals surface area contributed by atoms with Gasteiger partial charge >= 0.3 is 0 Å². The first-order valence-electron chi connectivity index (χ1n) is 8.81. The molecular formula is C19H29NO5. The summed E-state index contributed by atoms with van der Waals surface area (Å²) in [6.07, 6.45) is -0.691. The number of carbonyl (C=O) groups excluding carboxylic acids is 1. The summed E-state index contributed by atoms with van der Waals surface area (Å²) >= 11 is 0. The summed E-state index contributed by atoms with van der Waals surface area (Å²) in [7, 11) is 1.60. The molecule has 0 aromatic heterocycles. The molecule has 0 spiro atoms. The Morgan fingerprint density at radius 1 is 1.36 bits per heavy atom. The molecule has 140 valence electrons. The van der Waals surface area contributed by atoms with E-state index in [1.54, 1.807) is 12.0 Å². The summed E-state index contributed by atoms with van der Waals surface area (Å²) in [6.45, 7) is 5.45. The quantitative estimate of drug-likeness (QED) is 0.770. The predicted octanol–water partition coefficient (Wildman–Crippen LogP) is 1.15. The maximum atomic E-state index is 12.8. The van der Waals surface area contributed by atoms with E-state index in [4.69, 9.17) is 9.47 Å². The van der Waals surface area contributed by atoms with Gasteiger partial charge in [0.05, 0.1) is 32.8 Å². The molecule has 25 heavy (non-hydrogen) atoms. The summed E-state index contributed by atoms with van der Waals surface area (Å²) in [6, 6.07) is 5.79. The van der Waals surface area contributed by atoms with E-state index in [1.165, 1.54) is 0 Å². The molecule has 1 aliphatic rings. The molecule has 0 radical (unpaired) electrons. The van der Waals surface area contributed by atoms with Crippen LogP contribution < -0.4 is 4.74 Å². The van der Waals surface area contributed by atoms with Crippen LogP contribution in [0.5, 0.6) is 5.75 Å². The molecule has 0 unspecified atom stereocenters. The second-order valence-electron chi connectivity index (χ2n) is 6.69. The summed E-state index contributed by atoms with van der Waals surface area (Å²) in [5, 5.41) is 19.9. The van der Waals surface area contributed by atoms with Gasteiger partial charge in [0.2, 0.25) is 5.91 Å². The third-order valence-corrected chi connectivity index (χ3v) is 4.58. The number of benzene rings is 1. The average molecular weight is 351 g/mol. The van der Waals surface area contributed by atoms with Gasteiger partial charge in [0.15, 0.2) is 0 Å². The Hall–Kier alpha value is -1.63. The fourth-order valence-electron chi connectivity index (χ4n) is 3.20. The first kappa shape index (κ1) is 19.7. The number of hydrogen-bond acceptors (Lipinski definition) is 5. The highest BCUT2D eigenvalue weighted by molar-refractivity contribution is 5.79. The minimum absolute atomic E-state index is 0.0157. The highest BCUT2D eigenvalue weighted by Crippen LogP contribution is 2.22. The fraction of sp³-hybridized carbons (Fsp3) is 0.632. The van der Waals surface area contributed by atoms with Gasteiger partial charge in [-0.15, -0.1) is 0 Å². The van der Waals surface area contributed by atoms with Gasteiger partial charge in [-0.05, 0) is 19.4 Å². The van der Waals surface area contributed by atoms with E-state index in [0.29, 0.717) is 25.4 Å². The van der Waals surface area contributed by atoms with Crippen LogP contribution >= 0.6 is 0 Å². The van der Waals surface area contributed by atoms with Crippen LogP contribution in [-0.2, 0) is 16.0 Å². The van der Waals surface area contributed by atoms with Crippen LogP contribution in [0.3, 0.4) is 0 Å². The summed E-state index contributed by atoms with van der Waals surface area (Å²) in [5.74, 6) is 0.406. The molecule has 2 N–H and O–H groups in total. The SMILES string of the molecule is CCCN(C[C@@H]1COC[C@@H](O)[C@H]1O)C(=O)Cc1cc(C)ccc1OC. The minimum atomic E-state index is -0.894. The van der Waals surface area contributed by atoms with E-state index in [-0.39, 0.29) is 24.9 Å². The summed E-state index contributed by atoms with van der Waals surface area (Å²) in [5.41, 5.74) is 1.93. The number of aliphatic hydroxyl groups excluding tert-OH is 2. The molecule has 6 nitrogen and oxygen atoms in total. The standard InChI is InChI=1S/C19H29NO5/c1-4-7-20(10-15-11-25-12-16(21)19(15)23)18(22)9-14-8-13(2)5-6-17(14)24-3/h5-6,8,15-16,19,21,23H,4,7,9-12H2,1-3H3/t15-,16-,19+/m1/s1. The van der Waals surface area contributed by atoms with Gasteiger partial charge < -0.3 is 24.6 Å². The third-order valence-electron chi connectivity index (χ3n) is 4.58. The first-order chi connectivity index (χ1) is 12.0. The maximum absolute atomic E-state index is 12.8. The highest BCUT2D eigenvalue weighted by atomic mass is 16.5. The minimum Gasteiger partial charge on any atom is -0.496 e. The van der Waals surface area contributed by atoms with Gasteiger partial charge in [0.1, 0.15) is 11.9 Å². The number of hydrogen-bond donors (Lipinski definition) is 2. The van der Waals surface area contributed by atoms with Crippen LogP contribution in [0.4, 0.5) is 0 Å². The van der Waals surface area contributed by atoms with E-state index in [0.717, 1.165) is 17.5 Å². The van der Waals surface area contributed by atoms with Crippen molar-refractivity contribution in [3.8, 4) is 5.75 Å². The van der Waals surface area contributed by atoms with Crippen LogP contribution in [0, 0.1) is 12.8 Å². The number of aryl methyl sites for hydroxylation is 1. The molecule has 0 bridgehead atoms. The monoisotopic (exact) mass is 351 g/mol. The number of methoxy groups -OCH3 is 1. The van der Waals surface area contributed by atoms with Gasteiger partial charge in [-0.2, -0.15) is 0 Å². The van der Waals surface area contributed by atoms with Crippen molar-refractivity contribution in [2.24, 2.45) is 5.92 Å². The molecular weight excluding hydrogens is 322 g/mol. The van der Waals surface area contributed by atoms with Gasteiger partial charge in [0, 0.05) is 24.6 Å². The maximum Gasteiger partial charge on any atom is 0.227 e. The molecule has 1 saturated heterocycles. The van der Waals surface area contributed by atoms with Crippen molar-refractivity contribution in [1.29, 1.82) is 0 Å². The number of nitrogens with zero attached hydrogens (tertiary/aromatic N) is 1. The van der Waals surface area contributed by atoms with Crippen molar-refractivity contribution >= 4 is 5.91 Å². The molecule has 2 rings (SSSR count). The van der Waals surface area contributed by atoms with Gasteiger partial charge in [0.25, 0.3) is 0 Å². The average Bonchev–Trinajstić information content (AvgIpc) is 2.58. The molecule has 0 aliphatic carbocycles. The van der Waals surface area contributed by atoms with E-state index in [9.17, 15) is 15.0 Å². The van der Waals surface area contributed by atoms with E-state index in [2.05, 4.69) is 0 Å². The Kier molecular flexibility index (Phi) is 7.23. The summed E-state index contributed by atoms with van der Waals surface area (Å²) in [4.78, 5) is 14.6. The first-order valence-corrected chi connectivity index (χ1v) is 8.81. The number of rotatable bonds is 7. The lowest BCUT2D eigenvalue weighted by atomic mass is 9.95. The zero-order valence-electron chi connectivity index (χ0n) is 15.3. The second kappa shape index (κ2) is 9.17. The number of aliphatic hydroxyl groups is 2. The van der Waals surface area contributed by atoms with Crippen molar-refractivity contribution in [3.05, 3.63) is 29.3 Å². The summed E-state index contributed by atoms with van der Waals surface area (Å²) < 4.78 is 10.7. The largest absolute Gasteiger partial charge is 0.496 e. The smallest absolute Gasteiger partial charge is 0.227 e. The van der Waals surface area contributed by atoms with Crippen LogP contribution in [0.25, 0.3) is 0 Å². The van der Waals surface area contributed by atoms with Crippen molar-refractivity contribution in [1.82, 2.24) is 4.90 Å². The molecule has 1 heterocycles. The van der Waals surface area contributed by atoms with Crippen molar-refractivity contribution < 1.29 is 24.5 Å². The lowest BCUT2D eigenvalue weighted by Crippen LogP contribution is -2.50. The number of carbonyl (C=O) groups is 1. The Balaban J connectivity index is 2.08. The van der Waals surface area contributed by atoms with Crippen molar-refractivity contribution in [2.45, 2.75) is 38.9 Å². The van der Waals surface area contributed by atoms with Crippen LogP contribution in [-0.4, -0.2) is 66.6 Å².